The van der Waals surface area contributed by atoms with Gasteiger partial charge in [-0.15, -0.1) is 10.1 Å². The maximum Gasteiger partial charge on any atom is 0.291 e. The van der Waals surface area contributed by atoms with Gasteiger partial charge in [0.1, 0.15) is 0 Å². The zero-order valence-corrected chi connectivity index (χ0v) is 9.00. The molecule has 0 radical (unpaired) electrons. The Morgan fingerprint density at radius 3 is 1.87 bits per heavy atom. The van der Waals surface area contributed by atoms with E-state index in [1.165, 1.54) is 0 Å². The second-order valence-corrected chi connectivity index (χ2v) is 2.88. The fourth-order valence-corrected chi connectivity index (χ4v) is 1.000. The molecule has 0 rings (SSSR count). The molecule has 0 aliphatic rings. The number of hydrogen-bond donors (Lipinski definition) is 3. The summed E-state index contributed by atoms with van der Waals surface area (Å²) in [6, 6.07) is 0. The molecule has 0 atom stereocenters. The molecule has 3 N–H and O–H groups in total. The summed E-state index contributed by atoms with van der Waals surface area (Å²) in [5.41, 5.74) is 0. The molecule has 15 heavy (non-hydrogen) atoms. The molecule has 0 heterocycles. The van der Waals surface area contributed by atoms with Crippen LogP contribution in [0.15, 0.2) is 0 Å². The molecule has 0 aromatic carbocycles. The average molecular weight is 224 g/mol. The Morgan fingerprint density at radius 1 is 1.20 bits per heavy atom. The molecule has 0 amide bonds. The summed E-state index contributed by atoms with van der Waals surface area (Å²) in [6.45, 7) is 4.85. The minimum absolute atomic E-state index is 0.184. The van der Waals surface area contributed by atoms with Crippen LogP contribution in [-0.4, -0.2) is 58.3 Å². The molecule has 0 unspecified atom stereocenters. The van der Waals surface area contributed by atoms with E-state index in [0.29, 0.717) is 13.1 Å². The van der Waals surface area contributed by atoms with E-state index >= 15 is 0 Å². The van der Waals surface area contributed by atoms with Crippen LogP contribution < -0.4 is 0 Å². The number of nitrogens with zero attached hydrogens (tertiary/aromatic N) is 2. The van der Waals surface area contributed by atoms with Crippen LogP contribution in [0.3, 0.4) is 0 Å². The fraction of sp³-hybridized carbons (Fsp3) is 1.00. The quantitative estimate of drug-likeness (QED) is 0.406. The van der Waals surface area contributed by atoms with Crippen LogP contribution in [0.1, 0.15) is 19.8 Å². The van der Waals surface area contributed by atoms with E-state index < -0.39 is 5.09 Å². The SMILES string of the molecule is CCCCN(CCO)CCO.O=[N+]([O-])O. The molecule has 7 heteroatoms. The van der Waals surface area contributed by atoms with Crippen molar-refractivity contribution in [3.05, 3.63) is 10.1 Å². The molecule has 0 saturated heterocycles. The monoisotopic (exact) mass is 224 g/mol. The van der Waals surface area contributed by atoms with E-state index in [1.807, 2.05) is 0 Å². The van der Waals surface area contributed by atoms with Gasteiger partial charge >= 0.3 is 0 Å². The lowest BCUT2D eigenvalue weighted by Crippen LogP contribution is -2.30. The topological polar surface area (TPSA) is 107 Å². The third kappa shape index (κ3) is 19.5. The van der Waals surface area contributed by atoms with Gasteiger partial charge in [-0.25, -0.2) is 0 Å². The van der Waals surface area contributed by atoms with Gasteiger partial charge in [-0.1, -0.05) is 13.3 Å². The van der Waals surface area contributed by atoms with Crippen LogP contribution in [0.2, 0.25) is 0 Å². The van der Waals surface area contributed by atoms with Crippen molar-refractivity contribution >= 4 is 0 Å². The van der Waals surface area contributed by atoms with Crippen LogP contribution in [-0.2, 0) is 0 Å². The minimum Gasteiger partial charge on any atom is -0.395 e. The first kappa shape index (κ1) is 16.5. The molecule has 0 aliphatic carbocycles. The molecule has 0 bridgehead atoms. The van der Waals surface area contributed by atoms with Crippen molar-refractivity contribution in [1.29, 1.82) is 0 Å². The van der Waals surface area contributed by atoms with E-state index in [2.05, 4.69) is 11.8 Å². The highest BCUT2D eigenvalue weighted by molar-refractivity contribution is 4.55. The second-order valence-electron chi connectivity index (χ2n) is 2.88. The fourth-order valence-electron chi connectivity index (χ4n) is 1.000. The van der Waals surface area contributed by atoms with E-state index in [0.717, 1.165) is 19.4 Å². The lowest BCUT2D eigenvalue weighted by atomic mass is 10.3. The molecule has 0 saturated carbocycles. The van der Waals surface area contributed by atoms with Crippen LogP contribution in [0.5, 0.6) is 0 Å². The Morgan fingerprint density at radius 2 is 1.60 bits per heavy atom. The van der Waals surface area contributed by atoms with Gasteiger partial charge in [0.2, 0.25) is 0 Å². The van der Waals surface area contributed by atoms with Crippen molar-refractivity contribution in [3.8, 4) is 0 Å². The summed E-state index contributed by atoms with van der Waals surface area (Å²) in [7, 11) is 0. The van der Waals surface area contributed by atoms with Crippen LogP contribution >= 0.6 is 0 Å². The highest BCUT2D eigenvalue weighted by atomic mass is 16.9. The molecule has 0 aromatic heterocycles. The predicted octanol–water partition coefficient (Wildman–Crippen LogP) is -0.275. The van der Waals surface area contributed by atoms with E-state index in [9.17, 15) is 0 Å². The smallest absolute Gasteiger partial charge is 0.291 e. The van der Waals surface area contributed by atoms with Crippen molar-refractivity contribution in [1.82, 2.24) is 4.90 Å². The van der Waals surface area contributed by atoms with Crippen LogP contribution in [0.4, 0.5) is 0 Å². The Hall–Kier alpha value is -0.920. The van der Waals surface area contributed by atoms with Crippen LogP contribution in [0.25, 0.3) is 0 Å². The second kappa shape index (κ2) is 13.1. The molecular weight excluding hydrogens is 204 g/mol. The number of aliphatic hydroxyl groups excluding tert-OH is 2. The lowest BCUT2D eigenvalue weighted by molar-refractivity contribution is -0.742. The molecule has 0 aliphatic heterocycles. The third-order valence-electron chi connectivity index (χ3n) is 1.66. The first-order chi connectivity index (χ1) is 7.08. The summed E-state index contributed by atoms with van der Waals surface area (Å²) < 4.78 is 0. The molecule has 0 fully saturated rings. The van der Waals surface area contributed by atoms with Crippen molar-refractivity contribution in [2.75, 3.05) is 32.8 Å². The first-order valence-electron chi connectivity index (χ1n) is 4.85. The average Bonchev–Trinajstić information content (AvgIpc) is 2.14. The lowest BCUT2D eigenvalue weighted by Gasteiger charge is -2.19. The largest absolute Gasteiger partial charge is 0.395 e. The summed E-state index contributed by atoms with van der Waals surface area (Å²) in [5.74, 6) is 0. The standard InChI is InChI=1S/C8H19NO2.HNO3/c1-2-3-4-9(5-7-10)6-8-11;2-1(3)4/h10-11H,2-8H2,1H3;(H,2,3,4). The highest BCUT2D eigenvalue weighted by Crippen LogP contribution is 1.93. The summed E-state index contributed by atoms with van der Waals surface area (Å²) in [4.78, 5) is 10.4. The zero-order chi connectivity index (χ0) is 12.1. The normalized spacial score (nSPS) is 9.60. The van der Waals surface area contributed by atoms with Gasteiger partial charge in [0, 0.05) is 13.1 Å². The maximum absolute atomic E-state index is 8.64. The Bertz CT molecular complexity index is 135. The van der Waals surface area contributed by atoms with Crippen molar-refractivity contribution < 1.29 is 20.5 Å². The first-order valence-corrected chi connectivity index (χ1v) is 4.85. The Labute approximate surface area is 89.0 Å². The molecule has 0 spiro atoms. The van der Waals surface area contributed by atoms with E-state index in [1.54, 1.807) is 0 Å². The maximum atomic E-state index is 8.64. The zero-order valence-electron chi connectivity index (χ0n) is 9.00. The van der Waals surface area contributed by atoms with Crippen LogP contribution in [0, 0.1) is 10.1 Å². The van der Waals surface area contributed by atoms with E-state index in [4.69, 9.17) is 25.5 Å². The number of hydrogen-bond acceptors (Lipinski definition) is 5. The van der Waals surface area contributed by atoms with Crippen molar-refractivity contribution in [3.63, 3.8) is 0 Å². The highest BCUT2D eigenvalue weighted by Gasteiger charge is 2.00. The molecular formula is C8H20N2O5. The number of rotatable bonds is 7. The number of aliphatic hydroxyl groups is 2. The molecule has 0 aromatic rings. The summed E-state index contributed by atoms with van der Waals surface area (Å²) in [5, 5.41) is 30.9. The molecule has 92 valence electrons. The third-order valence-corrected chi connectivity index (χ3v) is 1.66. The van der Waals surface area contributed by atoms with Gasteiger partial charge in [0.25, 0.3) is 5.09 Å². The van der Waals surface area contributed by atoms with Crippen molar-refractivity contribution in [2.45, 2.75) is 19.8 Å². The Balaban J connectivity index is 0. The summed E-state index contributed by atoms with van der Waals surface area (Å²) >= 11 is 0. The Kier molecular flexibility index (Phi) is 14.4. The van der Waals surface area contributed by atoms with Gasteiger partial charge in [0.05, 0.1) is 13.2 Å². The molecule has 7 nitrogen and oxygen atoms in total. The van der Waals surface area contributed by atoms with Crippen molar-refractivity contribution in [2.24, 2.45) is 0 Å². The minimum atomic E-state index is -1.50. The van der Waals surface area contributed by atoms with Gasteiger partial charge < -0.3 is 15.4 Å². The van der Waals surface area contributed by atoms with Gasteiger partial charge in [-0.3, -0.25) is 4.90 Å². The number of unbranched alkanes of at least 4 members (excludes halogenated alkanes) is 1. The van der Waals surface area contributed by atoms with E-state index in [-0.39, 0.29) is 13.2 Å². The summed E-state index contributed by atoms with van der Waals surface area (Å²) in [6.07, 6.45) is 2.30. The van der Waals surface area contributed by atoms with Gasteiger partial charge in [-0.05, 0) is 13.0 Å². The predicted molar refractivity (Wildman–Crippen MR) is 54.3 cm³/mol. The van der Waals surface area contributed by atoms with Gasteiger partial charge in [0.15, 0.2) is 0 Å². The van der Waals surface area contributed by atoms with Gasteiger partial charge in [-0.2, -0.15) is 0 Å².